The molecule has 0 unspecified atom stereocenters. The first kappa shape index (κ1) is 20.8. The number of non-ortho nitro benzene ring substituents is 2. The third kappa shape index (κ3) is 6.96. The van der Waals surface area contributed by atoms with E-state index in [-0.39, 0.29) is 16.3 Å². The number of nitro benzene ring substituents is 2. The number of hydrogen-bond acceptors (Lipinski definition) is 5. The van der Waals surface area contributed by atoms with Gasteiger partial charge in [-0.3, -0.25) is 25.1 Å². The molecule has 1 aliphatic heterocycles. The number of nitrogens with zero attached hydrogens (tertiary/aromatic N) is 3. The van der Waals surface area contributed by atoms with Gasteiger partial charge in [-0.15, -0.1) is 11.6 Å². The van der Waals surface area contributed by atoms with E-state index in [4.69, 9.17) is 11.6 Å². The molecule has 0 atom stereocenters. The summed E-state index contributed by atoms with van der Waals surface area (Å²) in [6.45, 7) is 3.21. The topological polar surface area (TPSA) is 89.5 Å². The van der Waals surface area contributed by atoms with E-state index in [0.717, 1.165) is 30.8 Å². The summed E-state index contributed by atoms with van der Waals surface area (Å²) in [4.78, 5) is 22.3. The Labute approximate surface area is 162 Å². The van der Waals surface area contributed by atoms with Crippen LogP contribution in [0.1, 0.15) is 30.4 Å². The van der Waals surface area contributed by atoms with Crippen LogP contribution in [0.3, 0.4) is 0 Å². The maximum absolute atomic E-state index is 10.5. The molecule has 0 aliphatic carbocycles. The van der Waals surface area contributed by atoms with Crippen molar-refractivity contribution >= 4 is 23.0 Å². The highest BCUT2D eigenvalue weighted by atomic mass is 35.5. The summed E-state index contributed by atoms with van der Waals surface area (Å²) in [5, 5.41) is 20.7. The Morgan fingerprint density at radius 1 is 0.778 bits per heavy atom. The molecule has 0 spiro atoms. The molecule has 0 saturated carbocycles. The molecular formula is C19H22ClN3O4. The van der Waals surface area contributed by atoms with Gasteiger partial charge in [0.05, 0.1) is 9.85 Å². The highest BCUT2D eigenvalue weighted by molar-refractivity contribution is 6.17. The average molecular weight is 392 g/mol. The molecule has 27 heavy (non-hydrogen) atoms. The van der Waals surface area contributed by atoms with Crippen molar-refractivity contribution in [2.75, 3.05) is 13.1 Å². The van der Waals surface area contributed by atoms with E-state index >= 15 is 0 Å². The van der Waals surface area contributed by atoms with E-state index in [1.807, 2.05) is 12.1 Å². The maximum Gasteiger partial charge on any atom is 0.269 e. The number of nitro groups is 2. The zero-order valence-electron chi connectivity index (χ0n) is 14.9. The third-order valence-corrected chi connectivity index (χ3v) is 4.61. The number of benzene rings is 2. The van der Waals surface area contributed by atoms with Gasteiger partial charge in [-0.2, -0.15) is 0 Å². The Morgan fingerprint density at radius 3 is 1.63 bits per heavy atom. The minimum absolute atomic E-state index is 0.0962. The van der Waals surface area contributed by atoms with Crippen LogP contribution >= 0.6 is 11.6 Å². The number of rotatable bonds is 5. The molecule has 2 aromatic rings. The van der Waals surface area contributed by atoms with Crippen LogP contribution in [0.25, 0.3) is 0 Å². The number of piperidine rings is 1. The van der Waals surface area contributed by atoms with Gasteiger partial charge in [0.2, 0.25) is 0 Å². The Hall–Kier alpha value is -2.51. The second kappa shape index (κ2) is 10.6. The monoisotopic (exact) mass is 391 g/mol. The molecule has 0 amide bonds. The summed E-state index contributed by atoms with van der Waals surface area (Å²) >= 11 is 5.49. The lowest BCUT2D eigenvalue weighted by Crippen LogP contribution is -2.28. The fourth-order valence-corrected chi connectivity index (χ4v) is 2.98. The normalized spacial score (nSPS) is 14.1. The fraction of sp³-hybridized carbons (Fsp3) is 0.368. The minimum Gasteiger partial charge on any atom is -0.299 e. The second-order valence-corrected chi connectivity index (χ2v) is 6.58. The third-order valence-electron chi connectivity index (χ3n) is 4.30. The molecule has 1 heterocycles. The molecule has 7 nitrogen and oxygen atoms in total. The molecule has 8 heteroatoms. The zero-order chi connectivity index (χ0) is 19.6. The van der Waals surface area contributed by atoms with Crippen molar-refractivity contribution in [2.24, 2.45) is 0 Å². The van der Waals surface area contributed by atoms with Crippen molar-refractivity contribution in [3.63, 3.8) is 0 Å². The summed E-state index contributed by atoms with van der Waals surface area (Å²) in [6, 6.07) is 13.0. The van der Waals surface area contributed by atoms with Crippen LogP contribution in [0.15, 0.2) is 48.5 Å². The first-order chi connectivity index (χ1) is 13.0. The van der Waals surface area contributed by atoms with E-state index in [0.29, 0.717) is 5.88 Å². The van der Waals surface area contributed by atoms with Gasteiger partial charge in [0.15, 0.2) is 0 Å². The SMILES string of the molecule is O=[N+]([O-])c1ccc(CCl)cc1.O=[N+]([O-])c1ccc(CN2CCCCC2)cc1. The highest BCUT2D eigenvalue weighted by Gasteiger charge is 2.11. The van der Waals surface area contributed by atoms with Crippen LogP contribution in [0.4, 0.5) is 11.4 Å². The molecule has 1 aliphatic rings. The van der Waals surface area contributed by atoms with Gasteiger partial charge >= 0.3 is 0 Å². The summed E-state index contributed by atoms with van der Waals surface area (Å²) in [7, 11) is 0. The highest BCUT2D eigenvalue weighted by Crippen LogP contribution is 2.16. The predicted molar refractivity (Wildman–Crippen MR) is 105 cm³/mol. The summed E-state index contributed by atoms with van der Waals surface area (Å²) < 4.78 is 0. The fourth-order valence-electron chi connectivity index (χ4n) is 2.81. The van der Waals surface area contributed by atoms with Crippen LogP contribution in [0.2, 0.25) is 0 Å². The predicted octanol–water partition coefficient (Wildman–Crippen LogP) is 4.91. The van der Waals surface area contributed by atoms with E-state index in [9.17, 15) is 20.2 Å². The second-order valence-electron chi connectivity index (χ2n) is 6.32. The lowest BCUT2D eigenvalue weighted by Gasteiger charge is -2.26. The van der Waals surface area contributed by atoms with E-state index in [1.54, 1.807) is 24.3 Å². The lowest BCUT2D eigenvalue weighted by molar-refractivity contribution is -0.385. The molecule has 0 N–H and O–H groups in total. The Morgan fingerprint density at radius 2 is 1.22 bits per heavy atom. The Balaban J connectivity index is 0.000000208. The molecule has 144 valence electrons. The largest absolute Gasteiger partial charge is 0.299 e. The number of likely N-dealkylation sites (tertiary alicyclic amines) is 1. The van der Waals surface area contributed by atoms with Gasteiger partial charge < -0.3 is 0 Å². The zero-order valence-corrected chi connectivity index (χ0v) is 15.7. The minimum atomic E-state index is -0.433. The van der Waals surface area contributed by atoms with Crippen molar-refractivity contribution in [1.82, 2.24) is 4.90 Å². The standard InChI is InChI=1S/C12H16N2O2.C7H6ClNO2/c15-14(16)12-6-4-11(5-7-12)10-13-8-2-1-3-9-13;8-5-6-1-3-7(4-2-6)9(10)11/h4-7H,1-3,8-10H2;1-4H,5H2. The van der Waals surface area contributed by atoms with Crippen LogP contribution < -0.4 is 0 Å². The summed E-state index contributed by atoms with van der Waals surface area (Å²) in [5.74, 6) is 0.387. The van der Waals surface area contributed by atoms with Gasteiger partial charge in [-0.1, -0.05) is 30.7 Å². The van der Waals surface area contributed by atoms with Crippen molar-refractivity contribution in [2.45, 2.75) is 31.7 Å². The molecule has 2 aromatic carbocycles. The first-order valence-electron chi connectivity index (χ1n) is 8.74. The number of halogens is 1. The van der Waals surface area contributed by atoms with Crippen LogP contribution in [0.5, 0.6) is 0 Å². The Bertz CT molecular complexity index is 745. The average Bonchev–Trinajstić information content (AvgIpc) is 2.70. The van der Waals surface area contributed by atoms with Crippen LogP contribution in [0, 0.1) is 20.2 Å². The molecule has 1 saturated heterocycles. The van der Waals surface area contributed by atoms with Crippen molar-refractivity contribution in [3.05, 3.63) is 79.9 Å². The van der Waals surface area contributed by atoms with Gasteiger partial charge in [0.1, 0.15) is 0 Å². The molecule has 1 fully saturated rings. The lowest BCUT2D eigenvalue weighted by atomic mass is 10.1. The molecule has 0 aromatic heterocycles. The van der Waals surface area contributed by atoms with E-state index < -0.39 is 4.92 Å². The number of hydrogen-bond donors (Lipinski definition) is 0. The van der Waals surface area contributed by atoms with Gasteiger partial charge in [0, 0.05) is 36.7 Å². The van der Waals surface area contributed by atoms with Gasteiger partial charge in [0.25, 0.3) is 11.4 Å². The summed E-state index contributed by atoms with van der Waals surface area (Å²) in [6.07, 6.45) is 3.87. The summed E-state index contributed by atoms with van der Waals surface area (Å²) in [5.41, 5.74) is 2.31. The smallest absolute Gasteiger partial charge is 0.269 e. The van der Waals surface area contributed by atoms with E-state index in [2.05, 4.69) is 4.90 Å². The van der Waals surface area contributed by atoms with Crippen molar-refractivity contribution < 1.29 is 9.85 Å². The van der Waals surface area contributed by atoms with Gasteiger partial charge in [-0.25, -0.2) is 0 Å². The van der Waals surface area contributed by atoms with Crippen molar-refractivity contribution in [3.8, 4) is 0 Å². The van der Waals surface area contributed by atoms with Gasteiger partial charge in [-0.05, 0) is 37.1 Å². The van der Waals surface area contributed by atoms with E-state index in [1.165, 1.54) is 31.4 Å². The molecule has 0 bridgehead atoms. The number of alkyl halides is 1. The quantitative estimate of drug-likeness (QED) is 0.410. The molecule has 0 radical (unpaired) electrons. The van der Waals surface area contributed by atoms with Crippen LogP contribution in [-0.2, 0) is 12.4 Å². The van der Waals surface area contributed by atoms with Crippen molar-refractivity contribution in [1.29, 1.82) is 0 Å². The molecule has 3 rings (SSSR count). The van der Waals surface area contributed by atoms with Crippen LogP contribution in [-0.4, -0.2) is 27.8 Å². The first-order valence-corrected chi connectivity index (χ1v) is 9.28. The maximum atomic E-state index is 10.5. The Kier molecular flexibility index (Phi) is 8.16. The molecular weight excluding hydrogens is 370 g/mol.